The molecule has 108 valence electrons. The van der Waals surface area contributed by atoms with Crippen LogP contribution in [0.1, 0.15) is 35.0 Å². The molecule has 2 aromatic rings. The number of thiazole rings is 1. The number of aryl methyl sites for hydroxylation is 2. The van der Waals surface area contributed by atoms with Gasteiger partial charge < -0.3 is 5.32 Å². The molecule has 0 saturated carbocycles. The Hall–Kier alpha value is -1.26. The lowest BCUT2D eigenvalue weighted by Crippen LogP contribution is -2.39. The van der Waals surface area contributed by atoms with Crippen LogP contribution < -0.4 is 5.32 Å². The summed E-state index contributed by atoms with van der Waals surface area (Å²) in [4.78, 5) is 5.98. The Kier molecular flexibility index (Phi) is 4.55. The third kappa shape index (κ3) is 2.91. The van der Waals surface area contributed by atoms with Gasteiger partial charge in [0.15, 0.2) is 0 Å². The predicted octanol–water partition coefficient (Wildman–Crippen LogP) is 3.83. The standard InChI is InChI=1S/C16H21FN2S/c1-5-14-11(2)20-15(19-14)16(3,18-4)10-12-8-6-7-9-13(12)17/h6-9,18H,5,10H2,1-4H3. The van der Waals surface area contributed by atoms with Crippen molar-refractivity contribution >= 4 is 11.3 Å². The first kappa shape index (κ1) is 15.1. The van der Waals surface area contributed by atoms with Crippen LogP contribution in [-0.4, -0.2) is 12.0 Å². The van der Waals surface area contributed by atoms with Gasteiger partial charge >= 0.3 is 0 Å². The van der Waals surface area contributed by atoms with E-state index in [0.29, 0.717) is 6.42 Å². The van der Waals surface area contributed by atoms with E-state index in [1.54, 1.807) is 17.4 Å². The van der Waals surface area contributed by atoms with E-state index in [2.05, 4.69) is 26.1 Å². The number of halogens is 1. The van der Waals surface area contributed by atoms with E-state index in [4.69, 9.17) is 4.98 Å². The Bertz CT molecular complexity index is 594. The average molecular weight is 292 g/mol. The number of aromatic nitrogens is 1. The van der Waals surface area contributed by atoms with Crippen molar-refractivity contribution in [3.8, 4) is 0 Å². The van der Waals surface area contributed by atoms with Crippen LogP contribution in [0.4, 0.5) is 4.39 Å². The Morgan fingerprint density at radius 1 is 1.35 bits per heavy atom. The quantitative estimate of drug-likeness (QED) is 0.906. The van der Waals surface area contributed by atoms with E-state index in [0.717, 1.165) is 22.7 Å². The highest BCUT2D eigenvalue weighted by Crippen LogP contribution is 2.31. The van der Waals surface area contributed by atoms with Gasteiger partial charge in [0, 0.05) is 4.88 Å². The first-order chi connectivity index (χ1) is 9.50. The Morgan fingerprint density at radius 2 is 2.05 bits per heavy atom. The van der Waals surface area contributed by atoms with Crippen molar-refractivity contribution < 1.29 is 4.39 Å². The fourth-order valence-electron chi connectivity index (χ4n) is 2.29. The lowest BCUT2D eigenvalue weighted by molar-refractivity contribution is 0.387. The van der Waals surface area contributed by atoms with E-state index in [1.165, 1.54) is 10.9 Å². The number of nitrogens with zero attached hydrogens (tertiary/aromatic N) is 1. The second kappa shape index (κ2) is 6.02. The second-order valence-electron chi connectivity index (χ2n) is 5.23. The van der Waals surface area contributed by atoms with Crippen LogP contribution in [0, 0.1) is 12.7 Å². The van der Waals surface area contributed by atoms with Crippen LogP contribution in [0.2, 0.25) is 0 Å². The van der Waals surface area contributed by atoms with Crippen LogP contribution in [0.3, 0.4) is 0 Å². The summed E-state index contributed by atoms with van der Waals surface area (Å²) in [6, 6.07) is 6.94. The molecular weight excluding hydrogens is 271 g/mol. The maximum absolute atomic E-state index is 13.9. The molecule has 0 spiro atoms. The minimum Gasteiger partial charge on any atom is -0.308 e. The number of benzene rings is 1. The maximum atomic E-state index is 13.9. The summed E-state index contributed by atoms with van der Waals surface area (Å²) in [5.41, 5.74) is 1.51. The zero-order valence-electron chi connectivity index (χ0n) is 12.5. The average Bonchev–Trinajstić information content (AvgIpc) is 2.83. The van der Waals surface area contributed by atoms with Crippen molar-refractivity contribution in [2.24, 2.45) is 0 Å². The van der Waals surface area contributed by atoms with Crippen molar-refractivity contribution in [3.63, 3.8) is 0 Å². The van der Waals surface area contributed by atoms with Crippen LogP contribution in [0.15, 0.2) is 24.3 Å². The van der Waals surface area contributed by atoms with E-state index in [9.17, 15) is 4.39 Å². The molecule has 1 aromatic heterocycles. The Morgan fingerprint density at radius 3 is 2.60 bits per heavy atom. The van der Waals surface area contributed by atoms with Gasteiger partial charge in [0.05, 0.1) is 11.2 Å². The Labute approximate surface area is 124 Å². The van der Waals surface area contributed by atoms with E-state index < -0.39 is 0 Å². The summed E-state index contributed by atoms with van der Waals surface area (Å²) in [7, 11) is 1.91. The van der Waals surface area contributed by atoms with Crippen LogP contribution in [0.5, 0.6) is 0 Å². The molecule has 1 atom stereocenters. The van der Waals surface area contributed by atoms with Gasteiger partial charge in [-0.05, 0) is 45.4 Å². The molecule has 0 aliphatic rings. The molecule has 1 N–H and O–H groups in total. The summed E-state index contributed by atoms with van der Waals surface area (Å²) in [5.74, 6) is -0.155. The van der Waals surface area contributed by atoms with Crippen molar-refractivity contribution in [3.05, 3.63) is 51.2 Å². The zero-order valence-corrected chi connectivity index (χ0v) is 13.3. The fourth-order valence-corrected chi connectivity index (χ4v) is 3.44. The number of rotatable bonds is 5. The zero-order chi connectivity index (χ0) is 14.8. The molecule has 20 heavy (non-hydrogen) atoms. The monoisotopic (exact) mass is 292 g/mol. The minimum atomic E-state index is -0.342. The van der Waals surface area contributed by atoms with Gasteiger partial charge in [-0.3, -0.25) is 0 Å². The molecule has 0 amide bonds. The van der Waals surface area contributed by atoms with E-state index >= 15 is 0 Å². The molecule has 1 aromatic carbocycles. The number of nitrogens with one attached hydrogen (secondary N) is 1. The SMILES string of the molecule is CCc1nc(C(C)(Cc2ccccc2F)NC)sc1C. The Balaban J connectivity index is 2.35. The molecule has 0 bridgehead atoms. The van der Waals surface area contributed by atoms with Gasteiger partial charge in [0.25, 0.3) is 0 Å². The molecule has 2 rings (SSSR count). The number of hydrogen-bond acceptors (Lipinski definition) is 3. The first-order valence-corrected chi connectivity index (χ1v) is 7.71. The molecule has 1 unspecified atom stereocenters. The highest BCUT2D eigenvalue weighted by molar-refractivity contribution is 7.11. The van der Waals surface area contributed by atoms with Gasteiger partial charge in [-0.1, -0.05) is 25.1 Å². The molecule has 0 radical (unpaired) electrons. The van der Waals surface area contributed by atoms with Crippen molar-refractivity contribution in [1.82, 2.24) is 10.3 Å². The van der Waals surface area contributed by atoms with Gasteiger partial charge in [-0.25, -0.2) is 9.37 Å². The van der Waals surface area contributed by atoms with Crippen molar-refractivity contribution in [2.75, 3.05) is 7.05 Å². The van der Waals surface area contributed by atoms with Gasteiger partial charge in [0.1, 0.15) is 10.8 Å². The summed E-state index contributed by atoms with van der Waals surface area (Å²) in [6.45, 7) is 6.29. The molecule has 1 heterocycles. The summed E-state index contributed by atoms with van der Waals surface area (Å²) in [6.07, 6.45) is 1.52. The lowest BCUT2D eigenvalue weighted by atomic mass is 9.93. The normalized spacial score (nSPS) is 14.2. The second-order valence-corrected chi connectivity index (χ2v) is 6.43. The van der Waals surface area contributed by atoms with Gasteiger partial charge in [-0.2, -0.15) is 0 Å². The third-order valence-electron chi connectivity index (χ3n) is 3.75. The molecule has 4 heteroatoms. The van der Waals surface area contributed by atoms with Crippen LogP contribution in [0.25, 0.3) is 0 Å². The largest absolute Gasteiger partial charge is 0.308 e. The van der Waals surface area contributed by atoms with E-state index in [1.807, 2.05) is 19.2 Å². The van der Waals surface area contributed by atoms with Crippen molar-refractivity contribution in [1.29, 1.82) is 0 Å². The summed E-state index contributed by atoms with van der Waals surface area (Å²) < 4.78 is 13.9. The summed E-state index contributed by atoms with van der Waals surface area (Å²) >= 11 is 1.70. The van der Waals surface area contributed by atoms with Crippen LogP contribution in [-0.2, 0) is 18.4 Å². The highest BCUT2D eigenvalue weighted by atomic mass is 32.1. The highest BCUT2D eigenvalue weighted by Gasteiger charge is 2.30. The number of hydrogen-bond donors (Lipinski definition) is 1. The first-order valence-electron chi connectivity index (χ1n) is 6.89. The third-order valence-corrected chi connectivity index (χ3v) is 5.03. The van der Waals surface area contributed by atoms with Crippen molar-refractivity contribution in [2.45, 2.75) is 39.2 Å². The predicted molar refractivity (Wildman–Crippen MR) is 82.7 cm³/mol. The van der Waals surface area contributed by atoms with E-state index in [-0.39, 0.29) is 11.4 Å². The maximum Gasteiger partial charge on any atom is 0.126 e. The van der Waals surface area contributed by atoms with Gasteiger partial charge in [-0.15, -0.1) is 11.3 Å². The molecule has 2 nitrogen and oxygen atoms in total. The molecule has 0 saturated heterocycles. The lowest BCUT2D eigenvalue weighted by Gasteiger charge is -2.27. The van der Waals surface area contributed by atoms with Crippen LogP contribution >= 0.6 is 11.3 Å². The smallest absolute Gasteiger partial charge is 0.126 e. The molecule has 0 aliphatic carbocycles. The molecule has 0 aliphatic heterocycles. The topological polar surface area (TPSA) is 24.9 Å². The fraction of sp³-hybridized carbons (Fsp3) is 0.438. The summed E-state index contributed by atoms with van der Waals surface area (Å²) in [5, 5.41) is 4.34. The minimum absolute atomic E-state index is 0.155. The molecule has 0 fully saturated rings. The number of likely N-dealkylation sites (N-methyl/N-ethyl adjacent to an activating group) is 1. The van der Waals surface area contributed by atoms with Gasteiger partial charge in [0.2, 0.25) is 0 Å². The molecular formula is C16H21FN2S.